The average Bonchev–Trinajstić information content (AvgIpc) is 3.34. The second-order valence-corrected chi connectivity index (χ2v) is 8.84. The lowest BCUT2D eigenvalue weighted by molar-refractivity contribution is -0.121. The van der Waals surface area contributed by atoms with Gasteiger partial charge in [-0.25, -0.2) is 4.98 Å². The molecule has 2 fully saturated rings. The molecule has 9 heteroatoms. The number of nitrogens with one attached hydrogen (secondary N) is 1. The van der Waals surface area contributed by atoms with Crippen molar-refractivity contribution in [2.75, 3.05) is 25.0 Å². The average molecular weight is 443 g/mol. The zero-order valence-electron chi connectivity index (χ0n) is 16.6. The summed E-state index contributed by atoms with van der Waals surface area (Å²) in [5, 5.41) is 3.27. The second-order valence-electron chi connectivity index (χ2n) is 7.16. The number of thiocarbonyl (C=S) groups is 1. The Kier molecular flexibility index (Phi) is 6.03. The Labute approximate surface area is 183 Å². The summed E-state index contributed by atoms with van der Waals surface area (Å²) in [4.78, 5) is 32.6. The lowest BCUT2D eigenvalue weighted by Gasteiger charge is -2.15. The Balaban J connectivity index is 1.78. The maximum absolute atomic E-state index is 13.3. The number of fused-ring (bicyclic) bond motifs is 1. The predicted molar refractivity (Wildman–Crippen MR) is 124 cm³/mol. The minimum Gasteiger partial charge on any atom is -0.376 e. The van der Waals surface area contributed by atoms with E-state index in [1.165, 1.54) is 21.1 Å². The topological polar surface area (TPSA) is 75.9 Å². The molecular weight excluding hydrogens is 420 g/mol. The molecule has 4 heterocycles. The van der Waals surface area contributed by atoms with Gasteiger partial charge in [-0.2, -0.15) is 0 Å². The second kappa shape index (κ2) is 8.71. The van der Waals surface area contributed by atoms with Gasteiger partial charge in [0.15, 0.2) is 0 Å². The molecule has 0 aliphatic carbocycles. The molecule has 0 radical (unpaired) electrons. The van der Waals surface area contributed by atoms with Crippen LogP contribution in [0.4, 0.5) is 5.82 Å². The summed E-state index contributed by atoms with van der Waals surface area (Å²) in [6, 6.07) is 3.71. The molecule has 4 rings (SSSR count). The van der Waals surface area contributed by atoms with Crippen LogP contribution in [-0.4, -0.2) is 50.3 Å². The van der Waals surface area contributed by atoms with Gasteiger partial charge in [-0.05, 0) is 37.5 Å². The lowest BCUT2D eigenvalue weighted by atomic mass is 10.2. The SMILES string of the molecule is C=CCN1C(=O)C(=Cc2c(NCC3CCCO3)nc3c(C)cccn3c2=O)SC1=S. The van der Waals surface area contributed by atoms with Gasteiger partial charge in [0, 0.05) is 25.9 Å². The number of amides is 1. The molecule has 2 aliphatic rings. The van der Waals surface area contributed by atoms with Crippen LogP contribution in [0.1, 0.15) is 24.0 Å². The third kappa shape index (κ3) is 3.92. The van der Waals surface area contributed by atoms with Gasteiger partial charge in [0.25, 0.3) is 11.5 Å². The number of pyridine rings is 1. The third-order valence-corrected chi connectivity index (χ3v) is 6.44. The highest BCUT2D eigenvalue weighted by Gasteiger charge is 2.32. The molecule has 1 atom stereocenters. The lowest BCUT2D eigenvalue weighted by Crippen LogP contribution is -2.28. The zero-order valence-corrected chi connectivity index (χ0v) is 18.2. The number of hydrogen-bond donors (Lipinski definition) is 1. The number of aryl methyl sites for hydroxylation is 1. The number of rotatable bonds is 6. The van der Waals surface area contributed by atoms with E-state index in [1.807, 2.05) is 13.0 Å². The summed E-state index contributed by atoms with van der Waals surface area (Å²) < 4.78 is 7.63. The highest BCUT2D eigenvalue weighted by Crippen LogP contribution is 2.33. The number of thioether (sulfide) groups is 1. The van der Waals surface area contributed by atoms with Gasteiger partial charge in [0.2, 0.25) is 0 Å². The number of carbonyl (C=O) groups is 1. The fraction of sp³-hybridized carbons (Fsp3) is 0.333. The highest BCUT2D eigenvalue weighted by atomic mass is 32.2. The molecule has 2 aromatic rings. The Morgan fingerprint density at radius 1 is 1.47 bits per heavy atom. The van der Waals surface area contributed by atoms with E-state index in [-0.39, 0.29) is 17.6 Å². The first-order valence-corrected chi connectivity index (χ1v) is 11.0. The van der Waals surface area contributed by atoms with Crippen molar-refractivity contribution in [3.05, 3.63) is 57.4 Å². The molecule has 2 aliphatic heterocycles. The van der Waals surface area contributed by atoms with E-state index in [9.17, 15) is 9.59 Å². The fourth-order valence-corrected chi connectivity index (χ4v) is 4.77. The number of nitrogens with zero attached hydrogens (tertiary/aromatic N) is 3. The molecule has 0 bridgehead atoms. The number of hydrogen-bond acceptors (Lipinski definition) is 7. The van der Waals surface area contributed by atoms with Crippen molar-refractivity contribution in [2.45, 2.75) is 25.9 Å². The first-order valence-electron chi connectivity index (χ1n) is 9.73. The van der Waals surface area contributed by atoms with E-state index in [0.717, 1.165) is 25.0 Å². The summed E-state index contributed by atoms with van der Waals surface area (Å²) in [7, 11) is 0. The summed E-state index contributed by atoms with van der Waals surface area (Å²) >= 11 is 6.49. The van der Waals surface area contributed by atoms with Crippen molar-refractivity contribution >= 4 is 51.7 Å². The Bertz CT molecular complexity index is 1120. The number of anilines is 1. The molecule has 0 spiro atoms. The molecule has 7 nitrogen and oxygen atoms in total. The fourth-order valence-electron chi connectivity index (χ4n) is 3.51. The van der Waals surface area contributed by atoms with Gasteiger partial charge in [-0.1, -0.05) is 36.1 Å². The number of aromatic nitrogens is 2. The zero-order chi connectivity index (χ0) is 21.3. The number of carbonyl (C=O) groups excluding carboxylic acids is 1. The largest absolute Gasteiger partial charge is 0.376 e. The van der Waals surface area contributed by atoms with Gasteiger partial charge >= 0.3 is 0 Å². The first-order chi connectivity index (χ1) is 14.5. The smallest absolute Gasteiger partial charge is 0.267 e. The van der Waals surface area contributed by atoms with Crippen LogP contribution in [0.2, 0.25) is 0 Å². The van der Waals surface area contributed by atoms with Crippen LogP contribution < -0.4 is 10.9 Å². The summed E-state index contributed by atoms with van der Waals surface area (Å²) in [6.45, 7) is 7.21. The van der Waals surface area contributed by atoms with E-state index < -0.39 is 0 Å². The Hall–Kier alpha value is -2.49. The predicted octanol–water partition coefficient (Wildman–Crippen LogP) is 2.98. The molecule has 0 aromatic carbocycles. The van der Waals surface area contributed by atoms with Crippen molar-refractivity contribution in [2.24, 2.45) is 0 Å². The minimum atomic E-state index is -0.243. The Morgan fingerprint density at radius 2 is 2.30 bits per heavy atom. The highest BCUT2D eigenvalue weighted by molar-refractivity contribution is 8.26. The van der Waals surface area contributed by atoms with E-state index in [1.54, 1.807) is 24.4 Å². The van der Waals surface area contributed by atoms with Gasteiger partial charge in [0.05, 0.1) is 16.6 Å². The van der Waals surface area contributed by atoms with Crippen molar-refractivity contribution in [3.63, 3.8) is 0 Å². The van der Waals surface area contributed by atoms with Crippen LogP contribution in [0, 0.1) is 6.92 Å². The molecular formula is C21H22N4O3S2. The van der Waals surface area contributed by atoms with Crippen LogP contribution in [0.25, 0.3) is 11.7 Å². The molecule has 1 N–H and O–H groups in total. The molecule has 2 saturated heterocycles. The van der Waals surface area contributed by atoms with Crippen molar-refractivity contribution in [1.82, 2.24) is 14.3 Å². The van der Waals surface area contributed by atoms with Crippen LogP contribution in [-0.2, 0) is 9.53 Å². The monoisotopic (exact) mass is 442 g/mol. The molecule has 2 aromatic heterocycles. The summed E-state index contributed by atoms with van der Waals surface area (Å²) in [5.74, 6) is 0.211. The maximum atomic E-state index is 13.3. The summed E-state index contributed by atoms with van der Waals surface area (Å²) in [5.41, 5.74) is 1.55. The van der Waals surface area contributed by atoms with E-state index in [4.69, 9.17) is 21.9 Å². The van der Waals surface area contributed by atoms with Crippen LogP contribution in [0.3, 0.4) is 0 Å². The molecule has 156 valence electrons. The molecule has 1 amide bonds. The third-order valence-electron chi connectivity index (χ3n) is 5.07. The van der Waals surface area contributed by atoms with E-state index in [2.05, 4.69) is 11.9 Å². The van der Waals surface area contributed by atoms with Crippen LogP contribution >= 0.6 is 24.0 Å². The standard InChI is InChI=1S/C21H22N4O3S2/c1-3-8-25-20(27)16(30-21(25)29)11-15-17(22-12-14-7-5-10-28-14)23-18-13(2)6-4-9-24(18)19(15)26/h3-4,6,9,11,14,22H,1,5,7-8,10,12H2,2H3. The van der Waals surface area contributed by atoms with E-state index in [0.29, 0.717) is 39.3 Å². The van der Waals surface area contributed by atoms with Gasteiger partial charge in [-0.15, -0.1) is 6.58 Å². The quantitative estimate of drug-likeness (QED) is 0.419. The van der Waals surface area contributed by atoms with E-state index >= 15 is 0 Å². The van der Waals surface area contributed by atoms with Gasteiger partial charge in [-0.3, -0.25) is 18.9 Å². The van der Waals surface area contributed by atoms with Crippen molar-refractivity contribution in [1.29, 1.82) is 0 Å². The van der Waals surface area contributed by atoms with Crippen LogP contribution in [0.15, 0.2) is 40.7 Å². The minimum absolute atomic E-state index is 0.0840. The van der Waals surface area contributed by atoms with Crippen LogP contribution in [0.5, 0.6) is 0 Å². The van der Waals surface area contributed by atoms with Gasteiger partial charge in [0.1, 0.15) is 15.8 Å². The normalized spacial score (nSPS) is 20.5. The van der Waals surface area contributed by atoms with Crippen molar-refractivity contribution < 1.29 is 9.53 Å². The summed E-state index contributed by atoms with van der Waals surface area (Å²) in [6.07, 6.45) is 6.97. The molecule has 1 unspecified atom stereocenters. The maximum Gasteiger partial charge on any atom is 0.267 e. The first kappa shape index (κ1) is 20.8. The van der Waals surface area contributed by atoms with Gasteiger partial charge < -0.3 is 10.1 Å². The van der Waals surface area contributed by atoms with Crippen molar-refractivity contribution in [3.8, 4) is 0 Å². The Morgan fingerprint density at radius 3 is 3.03 bits per heavy atom. The molecule has 0 saturated carbocycles. The molecule has 30 heavy (non-hydrogen) atoms. The number of ether oxygens (including phenoxy) is 1.